The molecule has 0 fully saturated rings. The topological polar surface area (TPSA) is 109 Å². The summed E-state index contributed by atoms with van der Waals surface area (Å²) in [5, 5.41) is 11.9. The number of nitrogens with zero attached hydrogens (tertiary/aromatic N) is 3. The summed E-state index contributed by atoms with van der Waals surface area (Å²) in [6, 6.07) is 5.14. The van der Waals surface area contributed by atoms with Crippen LogP contribution in [0.1, 0.15) is 50.9 Å². The minimum atomic E-state index is -0.712. The minimum absolute atomic E-state index is 0.0830. The molecule has 29 heavy (non-hydrogen) atoms. The fourth-order valence-electron chi connectivity index (χ4n) is 3.51. The maximum atomic E-state index is 13.2. The Balaban J connectivity index is 2.12. The van der Waals surface area contributed by atoms with Crippen LogP contribution in [-0.4, -0.2) is 37.8 Å². The Kier molecular flexibility index (Phi) is 5.63. The Morgan fingerprint density at radius 2 is 1.90 bits per heavy atom. The lowest BCUT2D eigenvalue weighted by Gasteiger charge is -2.34. The Bertz CT molecular complexity index is 1140. The second kappa shape index (κ2) is 7.98. The molecule has 1 amide bonds. The number of nitro groups is 1. The predicted octanol–water partition coefficient (Wildman–Crippen LogP) is 4.02. The standard InChI is InChI=1S/C21H24N4O4/c1-5-12(3)24(13(4)6-2)21(27)15-9-14-7-8-16-19(18(14)22-10-15)23-11-17(20(16)26)25(28)29/h7-13H,5-6H2,1-4H3,(H,23,26). The smallest absolute Gasteiger partial charge is 0.332 e. The summed E-state index contributed by atoms with van der Waals surface area (Å²) >= 11 is 0. The number of nitrogens with one attached hydrogen (secondary N) is 1. The molecule has 0 aliphatic carbocycles. The number of pyridine rings is 2. The quantitative estimate of drug-likeness (QED) is 0.384. The van der Waals surface area contributed by atoms with E-state index in [0.29, 0.717) is 22.0 Å². The van der Waals surface area contributed by atoms with E-state index in [2.05, 4.69) is 9.97 Å². The third-order valence-electron chi connectivity index (χ3n) is 5.49. The Labute approximate surface area is 167 Å². The van der Waals surface area contributed by atoms with E-state index >= 15 is 0 Å². The summed E-state index contributed by atoms with van der Waals surface area (Å²) in [5.74, 6) is -0.0830. The molecule has 8 heteroatoms. The van der Waals surface area contributed by atoms with Crippen molar-refractivity contribution in [2.45, 2.75) is 52.6 Å². The zero-order valence-corrected chi connectivity index (χ0v) is 16.9. The zero-order chi connectivity index (χ0) is 21.3. The highest BCUT2D eigenvalue weighted by atomic mass is 16.6. The van der Waals surface area contributed by atoms with Gasteiger partial charge in [0.25, 0.3) is 11.3 Å². The first kappa shape index (κ1) is 20.4. The highest BCUT2D eigenvalue weighted by molar-refractivity contribution is 6.05. The van der Waals surface area contributed by atoms with E-state index < -0.39 is 16.0 Å². The normalized spacial score (nSPS) is 13.4. The minimum Gasteiger partial charge on any atom is -0.353 e. The fourth-order valence-corrected chi connectivity index (χ4v) is 3.51. The number of hydrogen-bond acceptors (Lipinski definition) is 5. The number of fused-ring (bicyclic) bond motifs is 3. The molecule has 0 bridgehead atoms. The van der Waals surface area contributed by atoms with Crippen molar-refractivity contribution in [2.24, 2.45) is 0 Å². The van der Waals surface area contributed by atoms with Crippen LogP contribution in [0.5, 0.6) is 0 Å². The molecular formula is C21H24N4O4. The first-order chi connectivity index (χ1) is 13.8. The number of benzene rings is 1. The molecule has 2 atom stereocenters. The Morgan fingerprint density at radius 3 is 2.48 bits per heavy atom. The van der Waals surface area contributed by atoms with Crippen molar-refractivity contribution in [1.29, 1.82) is 0 Å². The van der Waals surface area contributed by atoms with Gasteiger partial charge in [0.1, 0.15) is 0 Å². The lowest BCUT2D eigenvalue weighted by molar-refractivity contribution is -0.386. The van der Waals surface area contributed by atoms with Crippen LogP contribution in [0, 0.1) is 10.1 Å². The van der Waals surface area contributed by atoms with Crippen molar-refractivity contribution in [3.8, 4) is 0 Å². The molecule has 0 radical (unpaired) electrons. The maximum Gasteiger partial charge on any atom is 0.332 e. The van der Waals surface area contributed by atoms with Gasteiger partial charge in [-0.2, -0.15) is 0 Å². The van der Waals surface area contributed by atoms with E-state index in [0.717, 1.165) is 19.0 Å². The van der Waals surface area contributed by atoms with E-state index in [1.807, 2.05) is 32.6 Å². The second-order valence-electron chi connectivity index (χ2n) is 7.27. The molecule has 2 unspecified atom stereocenters. The van der Waals surface area contributed by atoms with Gasteiger partial charge in [-0.05, 0) is 38.8 Å². The third kappa shape index (κ3) is 3.57. The molecule has 0 saturated heterocycles. The van der Waals surface area contributed by atoms with Gasteiger partial charge in [0, 0.05) is 23.7 Å². The first-order valence-electron chi connectivity index (χ1n) is 9.71. The van der Waals surface area contributed by atoms with E-state index in [1.165, 1.54) is 12.3 Å². The third-order valence-corrected chi connectivity index (χ3v) is 5.49. The van der Waals surface area contributed by atoms with Gasteiger partial charge in [-0.3, -0.25) is 24.7 Å². The molecule has 1 aromatic carbocycles. The molecule has 2 aromatic heterocycles. The van der Waals surface area contributed by atoms with Crippen LogP contribution < -0.4 is 5.43 Å². The lowest BCUT2D eigenvalue weighted by Crippen LogP contribution is -2.44. The van der Waals surface area contributed by atoms with Crippen LogP contribution in [0.4, 0.5) is 5.69 Å². The number of aromatic amines is 1. The van der Waals surface area contributed by atoms with Gasteiger partial charge in [-0.1, -0.05) is 19.9 Å². The highest BCUT2D eigenvalue weighted by Crippen LogP contribution is 2.24. The van der Waals surface area contributed by atoms with Gasteiger partial charge in [0.2, 0.25) is 0 Å². The van der Waals surface area contributed by atoms with E-state index in [1.54, 1.807) is 12.1 Å². The number of carbonyl (C=O) groups excluding carboxylic acids is 1. The van der Waals surface area contributed by atoms with Gasteiger partial charge in [-0.15, -0.1) is 0 Å². The van der Waals surface area contributed by atoms with Crippen LogP contribution in [0.25, 0.3) is 21.8 Å². The molecule has 0 aliphatic rings. The number of amides is 1. The van der Waals surface area contributed by atoms with Crippen molar-refractivity contribution in [3.63, 3.8) is 0 Å². The number of carbonyl (C=O) groups is 1. The molecular weight excluding hydrogens is 372 g/mol. The van der Waals surface area contributed by atoms with Gasteiger partial charge in [0.05, 0.1) is 33.1 Å². The molecule has 2 heterocycles. The van der Waals surface area contributed by atoms with Crippen LogP contribution in [-0.2, 0) is 0 Å². The van der Waals surface area contributed by atoms with Crippen molar-refractivity contribution in [3.05, 3.63) is 56.5 Å². The monoisotopic (exact) mass is 396 g/mol. The number of rotatable bonds is 6. The first-order valence-corrected chi connectivity index (χ1v) is 9.71. The molecule has 152 valence electrons. The fraction of sp³-hybridized carbons (Fsp3) is 0.381. The predicted molar refractivity (Wildman–Crippen MR) is 112 cm³/mol. The average Bonchev–Trinajstić information content (AvgIpc) is 2.72. The largest absolute Gasteiger partial charge is 0.353 e. The van der Waals surface area contributed by atoms with Crippen molar-refractivity contribution >= 4 is 33.4 Å². The molecule has 3 rings (SSSR count). The number of aromatic nitrogens is 2. The van der Waals surface area contributed by atoms with Gasteiger partial charge < -0.3 is 9.88 Å². The molecule has 0 aliphatic heterocycles. The molecule has 3 aromatic rings. The highest BCUT2D eigenvalue weighted by Gasteiger charge is 2.25. The van der Waals surface area contributed by atoms with E-state index in [4.69, 9.17) is 0 Å². The van der Waals surface area contributed by atoms with Crippen LogP contribution >= 0.6 is 0 Å². The Hall–Kier alpha value is -3.29. The lowest BCUT2D eigenvalue weighted by atomic mass is 10.1. The summed E-state index contributed by atoms with van der Waals surface area (Å²) in [5.41, 5.74) is 0.206. The Morgan fingerprint density at radius 1 is 1.24 bits per heavy atom. The molecule has 0 saturated carbocycles. The molecule has 8 nitrogen and oxygen atoms in total. The van der Waals surface area contributed by atoms with Gasteiger partial charge in [0.15, 0.2) is 0 Å². The summed E-state index contributed by atoms with van der Waals surface area (Å²) < 4.78 is 0. The van der Waals surface area contributed by atoms with Crippen molar-refractivity contribution in [1.82, 2.24) is 14.9 Å². The second-order valence-corrected chi connectivity index (χ2v) is 7.27. The SMILES string of the molecule is CCC(C)N(C(=O)c1cnc2c(ccc3c(=O)c([N+](=O)[O-])c[nH]c32)c1)C(C)CC. The summed E-state index contributed by atoms with van der Waals surface area (Å²) in [6.45, 7) is 8.16. The summed E-state index contributed by atoms with van der Waals surface area (Å²) in [4.78, 5) is 44.9. The molecule has 0 spiro atoms. The van der Waals surface area contributed by atoms with Crippen LogP contribution in [0.3, 0.4) is 0 Å². The van der Waals surface area contributed by atoms with Crippen LogP contribution in [0.2, 0.25) is 0 Å². The van der Waals surface area contributed by atoms with E-state index in [9.17, 15) is 19.7 Å². The van der Waals surface area contributed by atoms with Gasteiger partial charge in [-0.25, -0.2) is 0 Å². The number of hydrogen-bond donors (Lipinski definition) is 1. The molecule has 1 N–H and O–H groups in total. The maximum absolute atomic E-state index is 13.2. The summed E-state index contributed by atoms with van der Waals surface area (Å²) in [6.07, 6.45) is 4.28. The summed E-state index contributed by atoms with van der Waals surface area (Å²) in [7, 11) is 0. The average molecular weight is 396 g/mol. The van der Waals surface area contributed by atoms with E-state index in [-0.39, 0.29) is 23.4 Å². The zero-order valence-electron chi connectivity index (χ0n) is 16.9. The number of H-pyrrole nitrogens is 1. The van der Waals surface area contributed by atoms with Crippen LogP contribution in [0.15, 0.2) is 35.4 Å². The van der Waals surface area contributed by atoms with Crippen molar-refractivity contribution in [2.75, 3.05) is 0 Å². The van der Waals surface area contributed by atoms with Gasteiger partial charge >= 0.3 is 5.69 Å². The van der Waals surface area contributed by atoms with Crippen molar-refractivity contribution < 1.29 is 9.72 Å².